The molecule has 0 aromatic heterocycles. The molecule has 0 saturated heterocycles. The molecule has 2 nitrogen and oxygen atoms in total. The molecule has 1 atom stereocenters. The Morgan fingerprint density at radius 2 is 2.00 bits per heavy atom. The Kier molecular flexibility index (Phi) is 14.1. The van der Waals surface area contributed by atoms with Crippen molar-refractivity contribution in [2.75, 3.05) is 13.2 Å². The summed E-state index contributed by atoms with van der Waals surface area (Å²) in [5.74, 6) is 0. The van der Waals surface area contributed by atoms with E-state index in [0.29, 0.717) is 6.61 Å². The van der Waals surface area contributed by atoms with Crippen LogP contribution < -0.4 is 0 Å². The second-order valence-corrected chi connectivity index (χ2v) is 1.92. The standard InChI is InChI=1S/C6H14O2.C2H4/c1-3-4-8-5-6(2)7;1-2/h6-7H,3-5H2,1-2H3;1-2H2. The van der Waals surface area contributed by atoms with Gasteiger partial charge in [-0.2, -0.15) is 0 Å². The van der Waals surface area contributed by atoms with Gasteiger partial charge in [-0.3, -0.25) is 0 Å². The summed E-state index contributed by atoms with van der Waals surface area (Å²) in [7, 11) is 0. The van der Waals surface area contributed by atoms with Crippen molar-refractivity contribution in [2.24, 2.45) is 0 Å². The van der Waals surface area contributed by atoms with Crippen LogP contribution >= 0.6 is 0 Å². The summed E-state index contributed by atoms with van der Waals surface area (Å²) >= 11 is 0. The average Bonchev–Trinajstić information content (AvgIpc) is 1.92. The van der Waals surface area contributed by atoms with Crippen molar-refractivity contribution in [3.63, 3.8) is 0 Å². The molecule has 1 N–H and O–H groups in total. The Morgan fingerprint density at radius 3 is 2.30 bits per heavy atom. The molecule has 1 unspecified atom stereocenters. The first kappa shape index (κ1) is 12.3. The van der Waals surface area contributed by atoms with Crippen LogP contribution in [0.15, 0.2) is 13.2 Å². The summed E-state index contributed by atoms with van der Waals surface area (Å²) in [6.45, 7) is 11.0. The maximum atomic E-state index is 8.65. The molecule has 0 aliphatic rings. The maximum Gasteiger partial charge on any atom is 0.0745 e. The number of hydrogen-bond acceptors (Lipinski definition) is 2. The molecule has 0 radical (unpaired) electrons. The van der Waals surface area contributed by atoms with Crippen LogP contribution in [-0.2, 0) is 4.74 Å². The Bertz CT molecular complexity index is 53.2. The fraction of sp³-hybridized carbons (Fsp3) is 0.750. The van der Waals surface area contributed by atoms with Crippen LogP contribution in [0, 0.1) is 0 Å². The van der Waals surface area contributed by atoms with Gasteiger partial charge in [0.05, 0.1) is 12.7 Å². The fourth-order valence-electron chi connectivity index (χ4n) is 0.398. The van der Waals surface area contributed by atoms with Gasteiger partial charge in [-0.25, -0.2) is 0 Å². The van der Waals surface area contributed by atoms with Gasteiger partial charge in [-0.1, -0.05) is 6.92 Å². The van der Waals surface area contributed by atoms with Gasteiger partial charge in [0.15, 0.2) is 0 Å². The number of hydrogen-bond donors (Lipinski definition) is 1. The number of aliphatic hydroxyl groups is 1. The third-order valence-electron chi connectivity index (χ3n) is 0.708. The van der Waals surface area contributed by atoms with Gasteiger partial charge in [-0.05, 0) is 13.3 Å². The lowest BCUT2D eigenvalue weighted by atomic mass is 10.4. The highest BCUT2D eigenvalue weighted by Gasteiger charge is 1.91. The predicted molar refractivity (Wildman–Crippen MR) is 44.0 cm³/mol. The normalized spacial score (nSPS) is 11.5. The highest BCUT2D eigenvalue weighted by Crippen LogP contribution is 1.83. The average molecular weight is 146 g/mol. The van der Waals surface area contributed by atoms with Crippen molar-refractivity contribution in [3.8, 4) is 0 Å². The van der Waals surface area contributed by atoms with Gasteiger partial charge >= 0.3 is 0 Å². The van der Waals surface area contributed by atoms with Crippen LogP contribution in [0.3, 0.4) is 0 Å². The van der Waals surface area contributed by atoms with Crippen LogP contribution in [0.2, 0.25) is 0 Å². The Labute approximate surface area is 63.5 Å². The number of rotatable bonds is 4. The molecule has 0 amide bonds. The van der Waals surface area contributed by atoms with Crippen molar-refractivity contribution >= 4 is 0 Å². The Balaban J connectivity index is 0. The highest BCUT2D eigenvalue weighted by molar-refractivity contribution is 4.39. The zero-order valence-corrected chi connectivity index (χ0v) is 6.97. The molecule has 0 rings (SSSR count). The van der Waals surface area contributed by atoms with E-state index >= 15 is 0 Å². The third kappa shape index (κ3) is 15.6. The largest absolute Gasteiger partial charge is 0.391 e. The topological polar surface area (TPSA) is 29.5 Å². The minimum Gasteiger partial charge on any atom is -0.391 e. The van der Waals surface area contributed by atoms with Crippen molar-refractivity contribution in [1.29, 1.82) is 0 Å². The zero-order valence-electron chi connectivity index (χ0n) is 6.97. The van der Waals surface area contributed by atoms with Crippen LogP contribution in [0.1, 0.15) is 20.3 Å². The molecule has 10 heavy (non-hydrogen) atoms. The lowest BCUT2D eigenvalue weighted by Gasteiger charge is -2.02. The van der Waals surface area contributed by atoms with E-state index < -0.39 is 0 Å². The summed E-state index contributed by atoms with van der Waals surface area (Å²) in [4.78, 5) is 0. The minimum absolute atomic E-state index is 0.318. The van der Waals surface area contributed by atoms with E-state index in [4.69, 9.17) is 9.84 Å². The third-order valence-corrected chi connectivity index (χ3v) is 0.708. The first-order chi connectivity index (χ1) is 4.77. The molecule has 0 fully saturated rings. The first-order valence-corrected chi connectivity index (χ1v) is 3.53. The quantitative estimate of drug-likeness (QED) is 0.482. The molecule has 0 bridgehead atoms. The zero-order chi connectivity index (χ0) is 8.41. The Morgan fingerprint density at radius 1 is 1.50 bits per heavy atom. The van der Waals surface area contributed by atoms with Gasteiger partial charge in [0.2, 0.25) is 0 Å². The monoisotopic (exact) mass is 146 g/mol. The van der Waals surface area contributed by atoms with Gasteiger partial charge in [0, 0.05) is 6.61 Å². The maximum absolute atomic E-state index is 8.65. The second kappa shape index (κ2) is 11.5. The number of ether oxygens (including phenoxy) is 1. The van der Waals surface area contributed by atoms with Gasteiger partial charge in [-0.15, -0.1) is 13.2 Å². The SMILES string of the molecule is C=C.CCCOCC(C)O. The van der Waals surface area contributed by atoms with Crippen molar-refractivity contribution in [2.45, 2.75) is 26.4 Å². The molecule has 0 aromatic carbocycles. The molecule has 0 spiro atoms. The molecular weight excluding hydrogens is 128 g/mol. The van der Waals surface area contributed by atoms with E-state index in [-0.39, 0.29) is 6.10 Å². The first-order valence-electron chi connectivity index (χ1n) is 3.53. The molecule has 0 aromatic rings. The Hall–Kier alpha value is -0.340. The predicted octanol–water partition coefficient (Wildman–Crippen LogP) is 1.60. The van der Waals surface area contributed by atoms with E-state index in [1.165, 1.54) is 0 Å². The van der Waals surface area contributed by atoms with E-state index in [9.17, 15) is 0 Å². The van der Waals surface area contributed by atoms with Gasteiger partial charge in [0.25, 0.3) is 0 Å². The fourth-order valence-corrected chi connectivity index (χ4v) is 0.398. The molecule has 2 heteroatoms. The number of aliphatic hydroxyl groups excluding tert-OH is 1. The summed E-state index contributed by atoms with van der Waals surface area (Å²) in [5.41, 5.74) is 0. The summed E-state index contributed by atoms with van der Waals surface area (Å²) in [6, 6.07) is 0. The van der Waals surface area contributed by atoms with E-state index in [1.54, 1.807) is 6.92 Å². The van der Waals surface area contributed by atoms with Crippen molar-refractivity contribution < 1.29 is 9.84 Å². The van der Waals surface area contributed by atoms with Crippen molar-refractivity contribution in [1.82, 2.24) is 0 Å². The molecule has 0 aliphatic carbocycles. The molecule has 0 heterocycles. The van der Waals surface area contributed by atoms with Crippen LogP contribution in [0.4, 0.5) is 0 Å². The summed E-state index contributed by atoms with van der Waals surface area (Å²) in [5, 5.41) is 8.65. The van der Waals surface area contributed by atoms with E-state index in [0.717, 1.165) is 13.0 Å². The highest BCUT2D eigenvalue weighted by atomic mass is 16.5. The molecule has 0 saturated carbocycles. The van der Waals surface area contributed by atoms with Crippen LogP contribution in [0.25, 0.3) is 0 Å². The van der Waals surface area contributed by atoms with Crippen LogP contribution in [0.5, 0.6) is 0 Å². The second-order valence-electron chi connectivity index (χ2n) is 1.92. The lowest BCUT2D eigenvalue weighted by molar-refractivity contribution is 0.0466. The molecule has 0 aliphatic heterocycles. The smallest absolute Gasteiger partial charge is 0.0745 e. The van der Waals surface area contributed by atoms with E-state index in [1.807, 2.05) is 6.92 Å². The summed E-state index contributed by atoms with van der Waals surface area (Å²) < 4.78 is 4.99. The minimum atomic E-state index is -0.318. The van der Waals surface area contributed by atoms with Gasteiger partial charge < -0.3 is 9.84 Å². The lowest BCUT2D eigenvalue weighted by Crippen LogP contribution is -2.10. The van der Waals surface area contributed by atoms with Crippen molar-refractivity contribution in [3.05, 3.63) is 13.2 Å². The van der Waals surface area contributed by atoms with E-state index in [2.05, 4.69) is 13.2 Å². The van der Waals surface area contributed by atoms with Crippen LogP contribution in [-0.4, -0.2) is 24.4 Å². The molecular formula is C8H18O2. The molecule has 62 valence electrons. The van der Waals surface area contributed by atoms with Gasteiger partial charge in [0.1, 0.15) is 0 Å². The summed E-state index contributed by atoms with van der Waals surface area (Å²) in [6.07, 6.45) is 0.703.